The SMILES string of the molecule is NC1=NN(c2ccccc2)C(CCc2cccnc2)C1. The van der Waals surface area contributed by atoms with Crippen LogP contribution in [0.15, 0.2) is 60.0 Å². The van der Waals surface area contributed by atoms with E-state index in [2.05, 4.69) is 28.3 Å². The van der Waals surface area contributed by atoms with Crippen LogP contribution in [0.3, 0.4) is 0 Å². The van der Waals surface area contributed by atoms with Crippen molar-refractivity contribution in [3.8, 4) is 0 Å². The van der Waals surface area contributed by atoms with E-state index in [1.807, 2.05) is 35.5 Å². The van der Waals surface area contributed by atoms with E-state index in [9.17, 15) is 0 Å². The summed E-state index contributed by atoms with van der Waals surface area (Å²) in [6, 6.07) is 14.6. The predicted octanol–water partition coefficient (Wildman–Crippen LogP) is 2.57. The number of amidine groups is 1. The van der Waals surface area contributed by atoms with Gasteiger partial charge in [0, 0.05) is 18.8 Å². The molecule has 20 heavy (non-hydrogen) atoms. The number of nitrogens with zero attached hydrogens (tertiary/aromatic N) is 3. The fourth-order valence-electron chi connectivity index (χ4n) is 2.54. The Morgan fingerprint density at radius 1 is 1.15 bits per heavy atom. The molecule has 0 aliphatic carbocycles. The van der Waals surface area contributed by atoms with Crippen molar-refractivity contribution >= 4 is 11.5 Å². The van der Waals surface area contributed by atoms with Crippen molar-refractivity contribution in [2.24, 2.45) is 10.8 Å². The van der Waals surface area contributed by atoms with Crippen molar-refractivity contribution in [1.29, 1.82) is 0 Å². The van der Waals surface area contributed by atoms with Gasteiger partial charge in [-0.2, -0.15) is 5.10 Å². The Kier molecular flexibility index (Phi) is 3.63. The maximum atomic E-state index is 5.92. The highest BCUT2D eigenvalue weighted by molar-refractivity contribution is 5.85. The van der Waals surface area contributed by atoms with E-state index in [-0.39, 0.29) is 0 Å². The summed E-state index contributed by atoms with van der Waals surface area (Å²) in [7, 11) is 0. The van der Waals surface area contributed by atoms with Crippen molar-refractivity contribution in [2.45, 2.75) is 25.3 Å². The Morgan fingerprint density at radius 2 is 2.00 bits per heavy atom. The van der Waals surface area contributed by atoms with E-state index in [0.717, 1.165) is 24.9 Å². The van der Waals surface area contributed by atoms with Gasteiger partial charge in [-0.05, 0) is 36.6 Å². The minimum absolute atomic E-state index is 0.331. The van der Waals surface area contributed by atoms with Gasteiger partial charge < -0.3 is 5.73 Å². The number of aryl methyl sites for hydroxylation is 1. The summed E-state index contributed by atoms with van der Waals surface area (Å²) in [4.78, 5) is 4.16. The molecule has 0 radical (unpaired) electrons. The molecular formula is C16H18N4. The largest absolute Gasteiger partial charge is 0.386 e. The van der Waals surface area contributed by atoms with Gasteiger partial charge in [0.1, 0.15) is 5.84 Å². The number of anilines is 1. The molecule has 4 nitrogen and oxygen atoms in total. The van der Waals surface area contributed by atoms with Gasteiger partial charge in [-0.3, -0.25) is 9.99 Å². The molecule has 3 rings (SSSR count). The smallest absolute Gasteiger partial charge is 0.122 e. The number of rotatable bonds is 4. The van der Waals surface area contributed by atoms with Gasteiger partial charge in [0.15, 0.2) is 0 Å². The van der Waals surface area contributed by atoms with Crippen LogP contribution in [0.2, 0.25) is 0 Å². The van der Waals surface area contributed by atoms with Gasteiger partial charge in [0.25, 0.3) is 0 Å². The van der Waals surface area contributed by atoms with Crippen LogP contribution in [0.1, 0.15) is 18.4 Å². The van der Waals surface area contributed by atoms with Gasteiger partial charge >= 0.3 is 0 Å². The number of para-hydroxylation sites is 1. The monoisotopic (exact) mass is 266 g/mol. The fourth-order valence-corrected chi connectivity index (χ4v) is 2.54. The quantitative estimate of drug-likeness (QED) is 0.925. The molecule has 2 aromatic rings. The molecule has 1 aromatic heterocycles. The number of nitrogens with two attached hydrogens (primary N) is 1. The van der Waals surface area contributed by atoms with E-state index < -0.39 is 0 Å². The summed E-state index contributed by atoms with van der Waals surface area (Å²) >= 11 is 0. The van der Waals surface area contributed by atoms with Crippen LogP contribution in [0.5, 0.6) is 0 Å². The third kappa shape index (κ3) is 2.79. The first-order valence-electron chi connectivity index (χ1n) is 6.89. The molecule has 102 valence electrons. The zero-order valence-electron chi connectivity index (χ0n) is 11.3. The first-order chi connectivity index (χ1) is 9.83. The summed E-state index contributed by atoms with van der Waals surface area (Å²) in [5.74, 6) is 0.713. The summed E-state index contributed by atoms with van der Waals surface area (Å²) in [6.07, 6.45) is 6.56. The molecule has 0 saturated heterocycles. The molecule has 1 atom stereocenters. The summed E-state index contributed by atoms with van der Waals surface area (Å²) in [5, 5.41) is 6.51. The second-order valence-corrected chi connectivity index (χ2v) is 5.03. The number of hydrogen-bond acceptors (Lipinski definition) is 4. The third-order valence-electron chi connectivity index (χ3n) is 3.54. The molecular weight excluding hydrogens is 248 g/mol. The molecule has 0 bridgehead atoms. The highest BCUT2D eigenvalue weighted by atomic mass is 15.5. The van der Waals surface area contributed by atoms with Crippen LogP contribution in [-0.2, 0) is 6.42 Å². The molecule has 2 N–H and O–H groups in total. The van der Waals surface area contributed by atoms with Crippen molar-refractivity contribution in [1.82, 2.24) is 4.98 Å². The molecule has 2 heterocycles. The molecule has 1 aliphatic heterocycles. The van der Waals surface area contributed by atoms with E-state index >= 15 is 0 Å². The topological polar surface area (TPSA) is 54.5 Å². The molecule has 0 saturated carbocycles. The molecule has 0 fully saturated rings. The van der Waals surface area contributed by atoms with Crippen LogP contribution in [-0.4, -0.2) is 16.9 Å². The minimum Gasteiger partial charge on any atom is -0.386 e. The second kappa shape index (κ2) is 5.74. The Labute approximate surface area is 118 Å². The standard InChI is InChI=1S/C16H18N4/c17-16-11-15(9-8-13-5-4-10-18-12-13)20(19-16)14-6-2-1-3-7-14/h1-7,10,12,15H,8-9,11H2,(H2,17,19). The van der Waals surface area contributed by atoms with Gasteiger partial charge in [0.2, 0.25) is 0 Å². The molecule has 0 spiro atoms. The van der Waals surface area contributed by atoms with Crippen LogP contribution in [0.4, 0.5) is 5.69 Å². The van der Waals surface area contributed by atoms with Crippen LogP contribution in [0.25, 0.3) is 0 Å². The summed E-state index contributed by atoms with van der Waals surface area (Å²) in [5.41, 5.74) is 8.27. The molecule has 1 unspecified atom stereocenters. The lowest BCUT2D eigenvalue weighted by molar-refractivity contribution is 0.605. The Morgan fingerprint density at radius 3 is 2.75 bits per heavy atom. The van der Waals surface area contributed by atoms with Gasteiger partial charge in [0.05, 0.1) is 11.7 Å². The molecule has 1 aromatic carbocycles. The van der Waals surface area contributed by atoms with Gasteiger partial charge in [-0.25, -0.2) is 0 Å². The first-order valence-corrected chi connectivity index (χ1v) is 6.89. The van der Waals surface area contributed by atoms with Gasteiger partial charge in [-0.1, -0.05) is 24.3 Å². The Bertz CT molecular complexity index is 580. The normalized spacial score (nSPS) is 18.1. The molecule has 1 aliphatic rings. The average molecular weight is 266 g/mol. The van der Waals surface area contributed by atoms with Crippen molar-refractivity contribution in [2.75, 3.05) is 5.01 Å². The average Bonchev–Trinajstić information content (AvgIpc) is 2.88. The zero-order chi connectivity index (χ0) is 13.8. The Hall–Kier alpha value is -2.36. The maximum Gasteiger partial charge on any atom is 0.122 e. The van der Waals surface area contributed by atoms with Crippen molar-refractivity contribution < 1.29 is 0 Å². The van der Waals surface area contributed by atoms with E-state index in [1.54, 1.807) is 6.20 Å². The third-order valence-corrected chi connectivity index (χ3v) is 3.54. The number of benzene rings is 1. The van der Waals surface area contributed by atoms with Crippen LogP contribution >= 0.6 is 0 Å². The van der Waals surface area contributed by atoms with Crippen molar-refractivity contribution in [3.05, 3.63) is 60.4 Å². The van der Waals surface area contributed by atoms with Crippen LogP contribution < -0.4 is 10.7 Å². The number of hydrazone groups is 1. The predicted molar refractivity (Wildman–Crippen MR) is 81.5 cm³/mol. The summed E-state index contributed by atoms with van der Waals surface area (Å²) < 4.78 is 0. The maximum absolute atomic E-state index is 5.92. The molecule has 0 amide bonds. The fraction of sp³-hybridized carbons (Fsp3) is 0.250. The van der Waals surface area contributed by atoms with E-state index in [1.165, 1.54) is 5.56 Å². The zero-order valence-corrected chi connectivity index (χ0v) is 11.3. The van der Waals surface area contributed by atoms with Crippen molar-refractivity contribution in [3.63, 3.8) is 0 Å². The highest BCUT2D eigenvalue weighted by Gasteiger charge is 2.25. The highest BCUT2D eigenvalue weighted by Crippen LogP contribution is 2.25. The lowest BCUT2D eigenvalue weighted by Gasteiger charge is -2.23. The lowest BCUT2D eigenvalue weighted by Crippen LogP contribution is -2.27. The number of aromatic nitrogens is 1. The second-order valence-electron chi connectivity index (χ2n) is 5.03. The minimum atomic E-state index is 0.331. The Balaban J connectivity index is 1.70. The summed E-state index contributed by atoms with van der Waals surface area (Å²) in [6.45, 7) is 0. The van der Waals surface area contributed by atoms with Crippen LogP contribution in [0, 0.1) is 0 Å². The van der Waals surface area contributed by atoms with Gasteiger partial charge in [-0.15, -0.1) is 0 Å². The number of pyridine rings is 1. The lowest BCUT2D eigenvalue weighted by atomic mass is 10.0. The number of hydrogen-bond donors (Lipinski definition) is 1. The van der Waals surface area contributed by atoms with E-state index in [4.69, 9.17) is 5.73 Å². The van der Waals surface area contributed by atoms with E-state index in [0.29, 0.717) is 11.9 Å². The molecule has 4 heteroatoms. The first kappa shape index (κ1) is 12.7.